The first-order chi connectivity index (χ1) is 20.2. The molecule has 1 aromatic rings. The van der Waals surface area contributed by atoms with Gasteiger partial charge in [-0.3, -0.25) is 14.4 Å². The second kappa shape index (κ2) is 11.5. The van der Waals surface area contributed by atoms with E-state index in [-0.39, 0.29) is 41.2 Å². The van der Waals surface area contributed by atoms with Crippen molar-refractivity contribution in [3.8, 4) is 0 Å². The van der Waals surface area contributed by atoms with E-state index in [1.807, 2.05) is 19.9 Å². The Bertz CT molecular complexity index is 1250. The minimum atomic E-state index is -1.26. The molecule has 0 spiro atoms. The van der Waals surface area contributed by atoms with Crippen LogP contribution in [0.25, 0.3) is 0 Å². The molecule has 11 atom stereocenters. The Morgan fingerprint density at radius 3 is 2.16 bits per heavy atom. The first-order valence-electron chi connectivity index (χ1n) is 15.7. The normalized spacial score (nSPS) is 40.6. The van der Waals surface area contributed by atoms with E-state index in [1.165, 1.54) is 20.8 Å². The van der Waals surface area contributed by atoms with E-state index in [9.17, 15) is 24.3 Å². The highest BCUT2D eigenvalue weighted by Gasteiger charge is 2.76. The van der Waals surface area contributed by atoms with Gasteiger partial charge in [-0.25, -0.2) is 4.79 Å². The summed E-state index contributed by atoms with van der Waals surface area (Å²) in [4.78, 5) is 50.4. The smallest absolute Gasteiger partial charge is 0.338 e. The largest absolute Gasteiger partial charge is 0.463 e. The van der Waals surface area contributed by atoms with E-state index in [0.717, 1.165) is 6.42 Å². The molecule has 0 bridgehead atoms. The van der Waals surface area contributed by atoms with Gasteiger partial charge in [-0.15, -0.1) is 0 Å². The molecule has 236 valence electrons. The number of rotatable bonds is 6. The first-order valence-corrected chi connectivity index (χ1v) is 15.7. The quantitative estimate of drug-likeness (QED) is 0.355. The molecule has 1 aromatic carbocycles. The maximum atomic E-state index is 13.7. The van der Waals surface area contributed by atoms with Crippen molar-refractivity contribution >= 4 is 23.9 Å². The van der Waals surface area contributed by atoms with Gasteiger partial charge in [0, 0.05) is 38.0 Å². The van der Waals surface area contributed by atoms with Crippen LogP contribution >= 0.6 is 0 Å². The summed E-state index contributed by atoms with van der Waals surface area (Å²) in [6.45, 7) is 10.1. The summed E-state index contributed by atoms with van der Waals surface area (Å²) in [7, 11) is 0. The minimum absolute atomic E-state index is 0.160. The third-order valence-electron chi connectivity index (χ3n) is 11.7. The molecule has 1 N–H and O–H groups in total. The van der Waals surface area contributed by atoms with Gasteiger partial charge in [0.2, 0.25) is 0 Å². The Labute approximate surface area is 254 Å². The molecule has 43 heavy (non-hydrogen) atoms. The Hall–Kier alpha value is -2.94. The number of hydrogen-bond donors (Lipinski definition) is 1. The monoisotopic (exact) mass is 598 g/mol. The van der Waals surface area contributed by atoms with Crippen molar-refractivity contribution in [1.82, 2.24) is 0 Å². The summed E-state index contributed by atoms with van der Waals surface area (Å²) >= 11 is 0. The van der Waals surface area contributed by atoms with Gasteiger partial charge in [0.15, 0.2) is 0 Å². The highest BCUT2D eigenvalue weighted by Crippen LogP contribution is 2.70. The van der Waals surface area contributed by atoms with Gasteiger partial charge >= 0.3 is 23.9 Å². The van der Waals surface area contributed by atoms with Crippen molar-refractivity contribution in [2.24, 2.45) is 34.5 Å². The lowest BCUT2D eigenvalue weighted by molar-refractivity contribution is -0.292. The van der Waals surface area contributed by atoms with Crippen LogP contribution in [0.15, 0.2) is 30.3 Å². The van der Waals surface area contributed by atoms with Crippen LogP contribution in [0.5, 0.6) is 0 Å². The molecule has 2 unspecified atom stereocenters. The predicted molar refractivity (Wildman–Crippen MR) is 155 cm³/mol. The van der Waals surface area contributed by atoms with Gasteiger partial charge in [-0.1, -0.05) is 32.0 Å². The van der Waals surface area contributed by atoms with Crippen molar-refractivity contribution in [2.75, 3.05) is 0 Å². The van der Waals surface area contributed by atoms with Crippen molar-refractivity contribution in [1.29, 1.82) is 0 Å². The Morgan fingerprint density at radius 1 is 0.860 bits per heavy atom. The lowest BCUT2D eigenvalue weighted by Crippen LogP contribution is -2.73. The maximum Gasteiger partial charge on any atom is 0.338 e. The summed E-state index contributed by atoms with van der Waals surface area (Å²) < 4.78 is 24.0. The molecule has 4 aliphatic carbocycles. The van der Waals surface area contributed by atoms with Gasteiger partial charge in [-0.05, 0) is 81.3 Å². The van der Waals surface area contributed by atoms with Crippen molar-refractivity contribution in [3.63, 3.8) is 0 Å². The molecular formula is C34H46O9. The van der Waals surface area contributed by atoms with E-state index in [2.05, 4.69) is 6.92 Å². The number of esters is 4. The number of carbonyl (C=O) groups is 4. The number of ether oxygens (including phenoxy) is 4. The third-order valence-corrected chi connectivity index (χ3v) is 11.7. The van der Waals surface area contributed by atoms with Crippen LogP contribution in [0.4, 0.5) is 0 Å². The lowest BCUT2D eigenvalue weighted by Gasteiger charge is -2.67. The Morgan fingerprint density at radius 2 is 1.53 bits per heavy atom. The number of hydrogen-bond acceptors (Lipinski definition) is 9. The summed E-state index contributed by atoms with van der Waals surface area (Å²) in [5.41, 5.74) is -2.31. The molecule has 0 aromatic heterocycles. The molecule has 0 aliphatic heterocycles. The van der Waals surface area contributed by atoms with Crippen LogP contribution in [-0.4, -0.2) is 59.0 Å². The molecule has 0 saturated heterocycles. The predicted octanol–water partition coefficient (Wildman–Crippen LogP) is 5.02. The number of aliphatic hydroxyl groups is 1. The Balaban J connectivity index is 1.63. The van der Waals surface area contributed by atoms with Crippen LogP contribution < -0.4 is 0 Å². The summed E-state index contributed by atoms with van der Waals surface area (Å²) in [6.07, 6.45) is 2.04. The van der Waals surface area contributed by atoms with Crippen LogP contribution in [0.2, 0.25) is 0 Å². The molecule has 9 heteroatoms. The van der Waals surface area contributed by atoms with Crippen molar-refractivity contribution in [2.45, 2.75) is 117 Å². The molecule has 4 aliphatic rings. The topological polar surface area (TPSA) is 125 Å². The zero-order chi connectivity index (χ0) is 31.3. The molecule has 0 amide bonds. The number of carbonyl (C=O) groups excluding carboxylic acids is 4. The molecule has 4 fully saturated rings. The van der Waals surface area contributed by atoms with E-state index in [4.69, 9.17) is 18.9 Å². The number of fused-ring (bicyclic) bond motifs is 5. The van der Waals surface area contributed by atoms with E-state index < -0.39 is 47.2 Å². The zero-order valence-electron chi connectivity index (χ0n) is 26.2. The van der Waals surface area contributed by atoms with Gasteiger partial charge in [-0.2, -0.15) is 0 Å². The van der Waals surface area contributed by atoms with Crippen LogP contribution in [-0.2, 0) is 33.3 Å². The summed E-state index contributed by atoms with van der Waals surface area (Å²) in [5.74, 6) is -2.52. The van der Waals surface area contributed by atoms with E-state index >= 15 is 0 Å². The minimum Gasteiger partial charge on any atom is -0.463 e. The van der Waals surface area contributed by atoms with Gasteiger partial charge in [0.05, 0.1) is 11.2 Å². The maximum absolute atomic E-state index is 13.7. The SMILES string of the molecule is CC(=O)OC(C)[C@H]1CC[C@]2(O)[C@@H]3CCC4C[C@@H](OC(C)=O)CC[C@]4(C)[C@H]3[C@H](OC(=O)c3ccccc3)[C@@H](OC(C)=O)[C@]12C. The molecular weight excluding hydrogens is 552 g/mol. The molecule has 5 rings (SSSR count). The molecule has 0 radical (unpaired) electrons. The van der Waals surface area contributed by atoms with Crippen LogP contribution in [0, 0.1) is 34.5 Å². The standard InChI is InChI=1S/C34H46O9/c1-19(40-20(2)35)26-15-17-34(39)27-13-12-24-18-25(41-21(3)36)14-16-32(24,5)28(27)29(30(33(26,34)6)42-22(4)37)43-31(38)23-10-8-7-9-11-23/h7-11,19,24-30,39H,12-18H2,1-6H3/t19?,24?,25-,26+,27+,28+,29-,30+,32-,33-,34-/m0/s1. The second-order valence-electron chi connectivity index (χ2n) is 13.9. The van der Waals surface area contributed by atoms with Crippen LogP contribution in [0.3, 0.4) is 0 Å². The summed E-state index contributed by atoms with van der Waals surface area (Å²) in [5, 5.41) is 12.9. The molecule has 4 saturated carbocycles. The van der Waals surface area contributed by atoms with Crippen LogP contribution in [0.1, 0.15) is 96.8 Å². The Kier molecular flexibility index (Phi) is 8.44. The fourth-order valence-electron chi connectivity index (χ4n) is 9.94. The van der Waals surface area contributed by atoms with Crippen molar-refractivity contribution < 1.29 is 43.2 Å². The average molecular weight is 599 g/mol. The van der Waals surface area contributed by atoms with Gasteiger partial charge in [0.1, 0.15) is 24.4 Å². The lowest BCUT2D eigenvalue weighted by atomic mass is 9.41. The van der Waals surface area contributed by atoms with Gasteiger partial charge in [0.25, 0.3) is 0 Å². The highest BCUT2D eigenvalue weighted by atomic mass is 16.6. The van der Waals surface area contributed by atoms with E-state index in [0.29, 0.717) is 44.1 Å². The van der Waals surface area contributed by atoms with Crippen molar-refractivity contribution in [3.05, 3.63) is 35.9 Å². The number of benzene rings is 1. The fraction of sp³-hybridized carbons (Fsp3) is 0.706. The summed E-state index contributed by atoms with van der Waals surface area (Å²) in [6, 6.07) is 8.75. The zero-order valence-corrected chi connectivity index (χ0v) is 26.2. The fourth-order valence-corrected chi connectivity index (χ4v) is 9.94. The first kappa shape index (κ1) is 31.5. The third kappa shape index (κ3) is 5.25. The highest BCUT2D eigenvalue weighted by molar-refractivity contribution is 5.89. The molecule has 9 nitrogen and oxygen atoms in total. The average Bonchev–Trinajstić information content (AvgIpc) is 3.22. The molecule has 0 heterocycles. The second-order valence-corrected chi connectivity index (χ2v) is 13.9. The van der Waals surface area contributed by atoms with Gasteiger partial charge < -0.3 is 24.1 Å². The van der Waals surface area contributed by atoms with E-state index in [1.54, 1.807) is 24.3 Å².